The second kappa shape index (κ2) is 7.00. The molecule has 5 nitrogen and oxygen atoms in total. The van der Waals surface area contributed by atoms with Gasteiger partial charge >= 0.3 is 5.97 Å². The Balaban J connectivity index is 1.77. The maximum Gasteiger partial charge on any atom is 0.332 e. The zero-order valence-electron chi connectivity index (χ0n) is 11.1. The van der Waals surface area contributed by atoms with E-state index < -0.39 is 18.2 Å². The molecule has 1 amide bonds. The lowest BCUT2D eigenvalue weighted by Gasteiger charge is -2.12. The molecule has 0 radical (unpaired) electrons. The van der Waals surface area contributed by atoms with Crippen LogP contribution in [-0.4, -0.2) is 35.7 Å². The Labute approximate surface area is 129 Å². The van der Waals surface area contributed by atoms with E-state index in [1.807, 2.05) is 0 Å². The Kier molecular flexibility index (Phi) is 5.30. The first kappa shape index (κ1) is 15.9. The molecular formula is C14H15BrFNO4. The number of carboxylic acid groups (broad SMARTS) is 1. The van der Waals surface area contributed by atoms with Crippen molar-refractivity contribution in [3.63, 3.8) is 0 Å². The van der Waals surface area contributed by atoms with E-state index in [4.69, 9.17) is 9.84 Å². The van der Waals surface area contributed by atoms with Gasteiger partial charge in [-0.2, -0.15) is 0 Å². The van der Waals surface area contributed by atoms with Gasteiger partial charge in [-0.05, 0) is 52.9 Å². The fourth-order valence-corrected chi connectivity index (χ4v) is 2.58. The maximum atomic E-state index is 13.1. The van der Waals surface area contributed by atoms with Gasteiger partial charge in [-0.25, -0.2) is 9.18 Å². The molecule has 1 heterocycles. The largest absolute Gasteiger partial charge is 0.479 e. The molecule has 0 spiro atoms. The number of carbonyl (C=O) groups excluding carboxylic acids is 1. The number of halogens is 2. The molecule has 0 unspecified atom stereocenters. The molecule has 1 fully saturated rings. The molecule has 7 heteroatoms. The summed E-state index contributed by atoms with van der Waals surface area (Å²) in [5.41, 5.74) is 0.888. The molecule has 0 saturated carbocycles. The Morgan fingerprint density at radius 3 is 2.71 bits per heavy atom. The smallest absolute Gasteiger partial charge is 0.332 e. The van der Waals surface area contributed by atoms with Gasteiger partial charge in [0, 0.05) is 6.54 Å². The number of benzene rings is 1. The van der Waals surface area contributed by atoms with Gasteiger partial charge in [0.15, 0.2) is 6.10 Å². The molecule has 1 aliphatic rings. The highest BCUT2D eigenvalue weighted by atomic mass is 79.9. The number of amides is 1. The summed E-state index contributed by atoms with van der Waals surface area (Å²) in [6, 6.07) is 4.67. The summed E-state index contributed by atoms with van der Waals surface area (Å²) >= 11 is 3.10. The van der Waals surface area contributed by atoms with Crippen molar-refractivity contribution in [2.24, 2.45) is 0 Å². The number of carbonyl (C=O) groups is 2. The monoisotopic (exact) mass is 359 g/mol. The first-order valence-electron chi connectivity index (χ1n) is 6.57. The summed E-state index contributed by atoms with van der Waals surface area (Å²) in [6.45, 7) is 0.383. The van der Waals surface area contributed by atoms with Crippen LogP contribution in [0.1, 0.15) is 18.4 Å². The molecule has 1 aromatic rings. The van der Waals surface area contributed by atoms with E-state index in [0.717, 1.165) is 5.56 Å². The Morgan fingerprint density at radius 1 is 1.38 bits per heavy atom. The van der Waals surface area contributed by atoms with E-state index in [-0.39, 0.29) is 11.7 Å². The highest BCUT2D eigenvalue weighted by Crippen LogP contribution is 2.20. The predicted octanol–water partition coefficient (Wildman–Crippen LogP) is 1.88. The number of ether oxygens (including phenoxy) is 1. The Morgan fingerprint density at radius 2 is 2.10 bits per heavy atom. The molecule has 21 heavy (non-hydrogen) atoms. The topological polar surface area (TPSA) is 75.6 Å². The third-order valence-electron chi connectivity index (χ3n) is 3.28. The summed E-state index contributed by atoms with van der Waals surface area (Å²) in [5.74, 6) is -1.68. The summed E-state index contributed by atoms with van der Waals surface area (Å²) in [6.07, 6.45) is -0.289. The van der Waals surface area contributed by atoms with E-state index in [9.17, 15) is 14.0 Å². The quantitative estimate of drug-likeness (QED) is 0.841. The highest BCUT2D eigenvalue weighted by molar-refractivity contribution is 9.10. The van der Waals surface area contributed by atoms with Crippen molar-refractivity contribution < 1.29 is 23.8 Å². The number of aliphatic carboxylic acids is 1. The number of carboxylic acids is 1. The zero-order chi connectivity index (χ0) is 15.4. The summed E-state index contributed by atoms with van der Waals surface area (Å²) < 4.78 is 18.6. The molecule has 2 atom stereocenters. The molecule has 0 bridgehead atoms. The predicted molar refractivity (Wildman–Crippen MR) is 76.3 cm³/mol. The summed E-state index contributed by atoms with van der Waals surface area (Å²) in [7, 11) is 0. The standard InChI is InChI=1S/C14H15BrFNO4/c15-9-7-8(1-2-10(9)16)5-6-17-13(18)11-3-4-12(21-11)14(19)20/h1-2,7,11-12H,3-6H2,(H,17,18)(H,19,20)/t11-,12+/m0/s1. The molecule has 114 valence electrons. The first-order chi connectivity index (χ1) is 9.97. The number of rotatable bonds is 5. The minimum Gasteiger partial charge on any atom is -0.479 e. The fourth-order valence-electron chi connectivity index (χ4n) is 2.15. The van der Waals surface area contributed by atoms with Gasteiger partial charge in [-0.15, -0.1) is 0 Å². The molecule has 1 aromatic carbocycles. The van der Waals surface area contributed by atoms with Gasteiger partial charge < -0.3 is 15.2 Å². The number of nitrogens with one attached hydrogen (secondary N) is 1. The molecule has 2 rings (SSSR count). The van der Waals surface area contributed by atoms with Crippen LogP contribution in [0.3, 0.4) is 0 Å². The van der Waals surface area contributed by atoms with Gasteiger partial charge in [0.05, 0.1) is 4.47 Å². The van der Waals surface area contributed by atoms with Crippen molar-refractivity contribution in [3.05, 3.63) is 34.1 Å². The SMILES string of the molecule is O=C(NCCc1ccc(F)c(Br)c1)[C@@H]1CC[C@H](C(=O)O)O1. The van der Waals surface area contributed by atoms with Crippen LogP contribution in [0.25, 0.3) is 0 Å². The minimum absolute atomic E-state index is 0.306. The van der Waals surface area contributed by atoms with Crippen molar-refractivity contribution in [1.29, 1.82) is 0 Å². The fraction of sp³-hybridized carbons (Fsp3) is 0.429. The second-order valence-electron chi connectivity index (χ2n) is 4.82. The molecule has 1 aliphatic heterocycles. The van der Waals surface area contributed by atoms with Gasteiger partial charge in [0.25, 0.3) is 0 Å². The molecule has 0 aliphatic carbocycles. The van der Waals surface area contributed by atoms with Crippen molar-refractivity contribution in [2.45, 2.75) is 31.5 Å². The highest BCUT2D eigenvalue weighted by Gasteiger charge is 2.34. The van der Waals surface area contributed by atoms with Gasteiger partial charge in [-0.3, -0.25) is 4.79 Å². The van der Waals surface area contributed by atoms with E-state index in [1.165, 1.54) is 6.07 Å². The van der Waals surface area contributed by atoms with Crippen molar-refractivity contribution in [2.75, 3.05) is 6.54 Å². The molecule has 1 saturated heterocycles. The van der Waals surface area contributed by atoms with Crippen molar-refractivity contribution in [1.82, 2.24) is 5.32 Å². The van der Waals surface area contributed by atoms with E-state index >= 15 is 0 Å². The molecular weight excluding hydrogens is 345 g/mol. The maximum absolute atomic E-state index is 13.1. The van der Waals surface area contributed by atoms with E-state index in [2.05, 4.69) is 21.2 Å². The minimum atomic E-state index is -1.04. The zero-order valence-corrected chi connectivity index (χ0v) is 12.7. The second-order valence-corrected chi connectivity index (χ2v) is 5.67. The third kappa shape index (κ3) is 4.25. The van der Waals surface area contributed by atoms with Crippen molar-refractivity contribution in [3.8, 4) is 0 Å². The van der Waals surface area contributed by atoms with Crippen LogP contribution in [0.4, 0.5) is 4.39 Å². The van der Waals surface area contributed by atoms with E-state index in [1.54, 1.807) is 12.1 Å². The lowest BCUT2D eigenvalue weighted by molar-refractivity contribution is -0.151. The van der Waals surface area contributed by atoms with Crippen LogP contribution in [0.5, 0.6) is 0 Å². The van der Waals surface area contributed by atoms with Crippen molar-refractivity contribution >= 4 is 27.8 Å². The van der Waals surface area contributed by atoms with Gasteiger partial charge in [0.2, 0.25) is 5.91 Å². The van der Waals surface area contributed by atoms with Crippen LogP contribution in [0.2, 0.25) is 0 Å². The third-order valence-corrected chi connectivity index (χ3v) is 3.89. The Bertz CT molecular complexity index is 552. The normalized spacial score (nSPS) is 21.2. The van der Waals surface area contributed by atoms with Gasteiger partial charge in [-0.1, -0.05) is 6.07 Å². The number of hydrogen-bond acceptors (Lipinski definition) is 3. The lowest BCUT2D eigenvalue weighted by Crippen LogP contribution is -2.36. The van der Waals surface area contributed by atoms with Gasteiger partial charge in [0.1, 0.15) is 11.9 Å². The average Bonchev–Trinajstić information content (AvgIpc) is 2.92. The molecule has 0 aromatic heterocycles. The van der Waals surface area contributed by atoms with Crippen LogP contribution in [0.15, 0.2) is 22.7 Å². The van der Waals surface area contributed by atoms with Crippen LogP contribution in [0, 0.1) is 5.82 Å². The molecule has 2 N–H and O–H groups in total. The van der Waals surface area contributed by atoms with Crippen LogP contribution in [-0.2, 0) is 20.7 Å². The average molecular weight is 360 g/mol. The number of hydrogen-bond donors (Lipinski definition) is 2. The Hall–Kier alpha value is -1.47. The summed E-state index contributed by atoms with van der Waals surface area (Å²) in [4.78, 5) is 22.6. The summed E-state index contributed by atoms with van der Waals surface area (Å²) in [5, 5.41) is 11.5. The lowest BCUT2D eigenvalue weighted by atomic mass is 10.1. The first-order valence-corrected chi connectivity index (χ1v) is 7.36. The van der Waals surface area contributed by atoms with Crippen LogP contribution < -0.4 is 5.32 Å². The van der Waals surface area contributed by atoms with Crippen LogP contribution >= 0.6 is 15.9 Å². The van der Waals surface area contributed by atoms with E-state index in [0.29, 0.717) is 30.3 Å².